The maximum atomic E-state index is 4.18. The Balaban J connectivity index is 3.13. The first-order chi connectivity index (χ1) is 5.70. The van der Waals surface area contributed by atoms with Gasteiger partial charge in [-0.15, -0.1) is 0 Å². The highest BCUT2D eigenvalue weighted by Gasteiger charge is 2.09. The van der Waals surface area contributed by atoms with Crippen LogP contribution in [0.5, 0.6) is 0 Å². The van der Waals surface area contributed by atoms with Gasteiger partial charge in [-0.3, -0.25) is 4.99 Å². The smallest absolute Gasteiger partial charge is 0.150 e. The normalized spacial score (nSPS) is 10.3. The highest BCUT2D eigenvalue weighted by atomic mass is 15.3. The molecular weight excluding hydrogens is 152 g/mol. The van der Waals surface area contributed by atoms with Crippen LogP contribution in [-0.4, -0.2) is 23.5 Å². The van der Waals surface area contributed by atoms with Gasteiger partial charge in [-0.25, -0.2) is 4.68 Å². The lowest BCUT2D eigenvalue weighted by Gasteiger charge is -2.09. The van der Waals surface area contributed by atoms with Crippen LogP contribution in [0.1, 0.15) is 19.9 Å². The molecule has 0 atom stereocenters. The fourth-order valence-electron chi connectivity index (χ4n) is 1.10. The summed E-state index contributed by atoms with van der Waals surface area (Å²) in [7, 11) is 1.85. The molecule has 1 rings (SSSR count). The molecule has 0 radical (unpaired) electrons. The predicted octanol–water partition coefficient (Wildman–Crippen LogP) is 1.84. The second-order valence-electron chi connectivity index (χ2n) is 2.82. The van der Waals surface area contributed by atoms with E-state index in [1.807, 2.05) is 11.7 Å². The Hall–Kier alpha value is -1.32. The summed E-state index contributed by atoms with van der Waals surface area (Å²) < 4.78 is 1.88. The van der Waals surface area contributed by atoms with Crippen LogP contribution in [-0.2, 0) is 0 Å². The van der Waals surface area contributed by atoms with Gasteiger partial charge in [-0.1, -0.05) is 0 Å². The SMILES string of the molecule is C=Nc1cnn(C(C)C)c1NC. The molecule has 0 aliphatic carbocycles. The number of aliphatic imine (C=N–C) groups is 1. The zero-order valence-corrected chi connectivity index (χ0v) is 7.70. The molecule has 0 aliphatic heterocycles. The summed E-state index contributed by atoms with van der Waals surface area (Å²) >= 11 is 0. The van der Waals surface area contributed by atoms with Crippen molar-refractivity contribution in [1.29, 1.82) is 0 Å². The first-order valence-corrected chi connectivity index (χ1v) is 3.92. The summed E-state index contributed by atoms with van der Waals surface area (Å²) in [5.74, 6) is 0.917. The van der Waals surface area contributed by atoms with E-state index in [0.717, 1.165) is 11.5 Å². The minimum Gasteiger partial charge on any atom is -0.372 e. The van der Waals surface area contributed by atoms with E-state index >= 15 is 0 Å². The number of aromatic nitrogens is 2. The van der Waals surface area contributed by atoms with Crippen LogP contribution in [0.3, 0.4) is 0 Å². The molecule has 0 spiro atoms. The molecule has 0 saturated carbocycles. The van der Waals surface area contributed by atoms with Crippen molar-refractivity contribution >= 4 is 18.2 Å². The Morgan fingerprint density at radius 3 is 2.75 bits per heavy atom. The molecule has 4 nitrogen and oxygen atoms in total. The van der Waals surface area contributed by atoms with Gasteiger partial charge in [0.1, 0.15) is 11.5 Å². The molecule has 1 N–H and O–H groups in total. The molecule has 0 unspecified atom stereocenters. The molecule has 0 bridgehead atoms. The van der Waals surface area contributed by atoms with Crippen molar-refractivity contribution in [2.45, 2.75) is 19.9 Å². The minimum atomic E-state index is 0.336. The van der Waals surface area contributed by atoms with Crippen LogP contribution in [0.15, 0.2) is 11.2 Å². The van der Waals surface area contributed by atoms with Crippen LogP contribution in [0, 0.1) is 0 Å². The molecule has 1 aromatic rings. The first-order valence-electron chi connectivity index (χ1n) is 3.92. The van der Waals surface area contributed by atoms with E-state index in [-0.39, 0.29) is 0 Å². The third-order valence-electron chi connectivity index (χ3n) is 1.67. The van der Waals surface area contributed by atoms with Crippen molar-refractivity contribution in [1.82, 2.24) is 9.78 Å². The number of anilines is 1. The van der Waals surface area contributed by atoms with Crippen LogP contribution >= 0.6 is 0 Å². The fraction of sp³-hybridized carbons (Fsp3) is 0.500. The zero-order chi connectivity index (χ0) is 9.14. The van der Waals surface area contributed by atoms with Crippen LogP contribution in [0.25, 0.3) is 0 Å². The van der Waals surface area contributed by atoms with Crippen molar-refractivity contribution in [3.8, 4) is 0 Å². The molecule has 0 fully saturated rings. The van der Waals surface area contributed by atoms with Crippen LogP contribution in [0.2, 0.25) is 0 Å². The zero-order valence-electron chi connectivity index (χ0n) is 7.70. The highest BCUT2D eigenvalue weighted by Crippen LogP contribution is 2.25. The lowest BCUT2D eigenvalue weighted by Crippen LogP contribution is -2.06. The van der Waals surface area contributed by atoms with E-state index in [2.05, 4.69) is 36.0 Å². The van der Waals surface area contributed by atoms with Crippen molar-refractivity contribution < 1.29 is 0 Å². The molecule has 1 aromatic heterocycles. The molecule has 66 valence electrons. The molecule has 0 saturated heterocycles. The van der Waals surface area contributed by atoms with E-state index in [4.69, 9.17) is 0 Å². The monoisotopic (exact) mass is 166 g/mol. The number of nitrogens with one attached hydrogen (secondary N) is 1. The Morgan fingerprint density at radius 2 is 2.33 bits per heavy atom. The highest BCUT2D eigenvalue weighted by molar-refractivity contribution is 5.62. The Labute approximate surface area is 72.3 Å². The quantitative estimate of drug-likeness (QED) is 0.696. The molecule has 0 aromatic carbocycles. The van der Waals surface area contributed by atoms with Gasteiger partial charge < -0.3 is 5.32 Å². The molecule has 1 heterocycles. The average Bonchev–Trinajstić information content (AvgIpc) is 2.46. The van der Waals surface area contributed by atoms with Gasteiger partial charge in [-0.2, -0.15) is 5.10 Å². The Morgan fingerprint density at radius 1 is 1.67 bits per heavy atom. The maximum absolute atomic E-state index is 4.18. The van der Waals surface area contributed by atoms with Gasteiger partial charge >= 0.3 is 0 Å². The van der Waals surface area contributed by atoms with E-state index < -0.39 is 0 Å². The molecule has 0 aliphatic rings. The van der Waals surface area contributed by atoms with E-state index in [9.17, 15) is 0 Å². The fourth-order valence-corrected chi connectivity index (χ4v) is 1.10. The van der Waals surface area contributed by atoms with Gasteiger partial charge in [0, 0.05) is 13.1 Å². The van der Waals surface area contributed by atoms with Crippen molar-refractivity contribution in [3.63, 3.8) is 0 Å². The summed E-state index contributed by atoms with van der Waals surface area (Å²) in [5, 5.41) is 7.22. The number of nitrogens with zero attached hydrogens (tertiary/aromatic N) is 3. The standard InChI is InChI=1S/C8H14N4/c1-6(2)12-8(10-4)7(9-3)5-11-12/h5-6,10H,3H2,1-2,4H3. The van der Waals surface area contributed by atoms with Crippen molar-refractivity contribution in [2.24, 2.45) is 4.99 Å². The van der Waals surface area contributed by atoms with Gasteiger partial charge in [0.2, 0.25) is 0 Å². The van der Waals surface area contributed by atoms with E-state index in [1.54, 1.807) is 6.20 Å². The number of hydrogen-bond acceptors (Lipinski definition) is 3. The lowest BCUT2D eigenvalue weighted by atomic mass is 10.4. The second-order valence-corrected chi connectivity index (χ2v) is 2.82. The minimum absolute atomic E-state index is 0.336. The third-order valence-corrected chi connectivity index (χ3v) is 1.67. The predicted molar refractivity (Wildman–Crippen MR) is 51.4 cm³/mol. The van der Waals surface area contributed by atoms with Crippen LogP contribution in [0.4, 0.5) is 11.5 Å². The molecular formula is C8H14N4. The van der Waals surface area contributed by atoms with Gasteiger partial charge in [0.25, 0.3) is 0 Å². The second kappa shape index (κ2) is 3.38. The largest absolute Gasteiger partial charge is 0.372 e. The third kappa shape index (κ3) is 1.32. The van der Waals surface area contributed by atoms with Crippen molar-refractivity contribution in [2.75, 3.05) is 12.4 Å². The number of hydrogen-bond donors (Lipinski definition) is 1. The average molecular weight is 166 g/mol. The summed E-state index contributed by atoms with van der Waals surface area (Å²) in [6.07, 6.45) is 1.71. The van der Waals surface area contributed by atoms with Gasteiger partial charge in [-0.05, 0) is 20.6 Å². The summed E-state index contributed by atoms with van der Waals surface area (Å²) in [6, 6.07) is 0.336. The summed E-state index contributed by atoms with van der Waals surface area (Å²) in [6.45, 7) is 7.61. The van der Waals surface area contributed by atoms with Crippen molar-refractivity contribution in [3.05, 3.63) is 6.20 Å². The van der Waals surface area contributed by atoms with E-state index in [1.165, 1.54) is 0 Å². The molecule has 0 amide bonds. The number of rotatable bonds is 3. The summed E-state index contributed by atoms with van der Waals surface area (Å²) in [4.78, 5) is 3.85. The molecule has 4 heteroatoms. The van der Waals surface area contributed by atoms with Crippen LogP contribution < -0.4 is 5.32 Å². The topological polar surface area (TPSA) is 42.2 Å². The first kappa shape index (κ1) is 8.77. The summed E-state index contributed by atoms with van der Waals surface area (Å²) in [5.41, 5.74) is 0.797. The molecule has 12 heavy (non-hydrogen) atoms. The van der Waals surface area contributed by atoms with E-state index in [0.29, 0.717) is 6.04 Å². The Kier molecular flexibility index (Phi) is 2.47. The van der Waals surface area contributed by atoms with Gasteiger partial charge in [0.15, 0.2) is 0 Å². The maximum Gasteiger partial charge on any atom is 0.150 e. The van der Waals surface area contributed by atoms with Gasteiger partial charge in [0.05, 0.1) is 6.20 Å². The lowest BCUT2D eigenvalue weighted by molar-refractivity contribution is 0.539. The Bertz CT molecular complexity index is 275.